The van der Waals surface area contributed by atoms with Crippen molar-refractivity contribution >= 4 is 5.97 Å². The SMILES string of the molecule is COC(=O)[C@H](O)[C@H]1O[C@H](O)[C@H](O)[C@H]1OCc1ccccc1. The molecule has 1 heterocycles. The number of carbonyl (C=O) groups is 1. The van der Waals surface area contributed by atoms with Gasteiger partial charge in [0, 0.05) is 0 Å². The summed E-state index contributed by atoms with van der Waals surface area (Å²) in [5, 5.41) is 29.2. The van der Waals surface area contributed by atoms with Crippen LogP contribution in [0.25, 0.3) is 0 Å². The smallest absolute Gasteiger partial charge is 0.337 e. The van der Waals surface area contributed by atoms with Gasteiger partial charge in [0.15, 0.2) is 12.4 Å². The van der Waals surface area contributed by atoms with Gasteiger partial charge >= 0.3 is 5.97 Å². The Bertz CT molecular complexity index is 464. The highest BCUT2D eigenvalue weighted by Crippen LogP contribution is 2.26. The van der Waals surface area contributed by atoms with Crippen molar-refractivity contribution in [1.29, 1.82) is 0 Å². The minimum Gasteiger partial charge on any atom is -0.467 e. The Balaban J connectivity index is 2.04. The lowest BCUT2D eigenvalue weighted by Gasteiger charge is -2.23. The summed E-state index contributed by atoms with van der Waals surface area (Å²) in [6.07, 6.45) is -6.80. The van der Waals surface area contributed by atoms with E-state index in [1.807, 2.05) is 30.3 Å². The van der Waals surface area contributed by atoms with E-state index in [4.69, 9.17) is 9.47 Å². The highest BCUT2D eigenvalue weighted by Gasteiger charge is 2.49. The first-order valence-electron chi connectivity index (χ1n) is 6.47. The number of carbonyl (C=O) groups excluding carboxylic acids is 1. The van der Waals surface area contributed by atoms with Crippen LogP contribution < -0.4 is 0 Å². The van der Waals surface area contributed by atoms with Gasteiger partial charge in [-0.1, -0.05) is 30.3 Å². The molecular weight excluding hydrogens is 280 g/mol. The molecule has 0 aliphatic carbocycles. The highest BCUT2D eigenvalue weighted by atomic mass is 16.7. The number of methoxy groups -OCH3 is 1. The lowest BCUT2D eigenvalue weighted by molar-refractivity contribution is -0.174. The van der Waals surface area contributed by atoms with E-state index >= 15 is 0 Å². The summed E-state index contributed by atoms with van der Waals surface area (Å²) in [4.78, 5) is 11.4. The molecular formula is C14H18O7. The number of hydrogen-bond donors (Lipinski definition) is 3. The maximum absolute atomic E-state index is 11.4. The van der Waals surface area contributed by atoms with Crippen molar-refractivity contribution in [3.8, 4) is 0 Å². The summed E-state index contributed by atoms with van der Waals surface area (Å²) < 4.78 is 14.9. The number of aliphatic hydroxyl groups is 3. The molecule has 1 fully saturated rings. The van der Waals surface area contributed by atoms with Crippen LogP contribution in [0, 0.1) is 0 Å². The molecule has 0 bridgehead atoms. The largest absolute Gasteiger partial charge is 0.467 e. The van der Waals surface area contributed by atoms with Crippen LogP contribution in [-0.2, 0) is 25.6 Å². The molecule has 0 amide bonds. The Labute approximate surface area is 121 Å². The van der Waals surface area contributed by atoms with Gasteiger partial charge < -0.3 is 29.5 Å². The molecule has 0 aromatic heterocycles. The molecule has 21 heavy (non-hydrogen) atoms. The second kappa shape index (κ2) is 6.97. The van der Waals surface area contributed by atoms with Gasteiger partial charge in [-0.05, 0) is 5.56 Å². The molecule has 2 rings (SSSR count). The van der Waals surface area contributed by atoms with Crippen molar-refractivity contribution < 1.29 is 34.3 Å². The number of aliphatic hydroxyl groups excluding tert-OH is 3. The molecule has 3 N–H and O–H groups in total. The second-order valence-electron chi connectivity index (χ2n) is 4.71. The fourth-order valence-electron chi connectivity index (χ4n) is 2.14. The van der Waals surface area contributed by atoms with Gasteiger partial charge in [-0.25, -0.2) is 4.79 Å². The van der Waals surface area contributed by atoms with E-state index in [2.05, 4.69) is 4.74 Å². The molecule has 0 radical (unpaired) electrons. The first-order valence-corrected chi connectivity index (χ1v) is 6.47. The number of benzene rings is 1. The van der Waals surface area contributed by atoms with Crippen molar-refractivity contribution in [3.63, 3.8) is 0 Å². The standard InChI is InChI=1S/C14H18O7/c1-19-13(17)10(16)12-11(9(15)14(18)21-12)20-7-8-5-3-2-4-6-8/h2-6,9-12,14-16,18H,7H2,1H3/t9-,10-,11-,12-,14+/m1/s1. The molecule has 1 aromatic carbocycles. The van der Waals surface area contributed by atoms with Gasteiger partial charge in [-0.15, -0.1) is 0 Å². The normalized spacial score (nSPS) is 30.1. The highest BCUT2D eigenvalue weighted by molar-refractivity contribution is 5.75. The van der Waals surface area contributed by atoms with Crippen LogP contribution in [0.4, 0.5) is 0 Å². The predicted molar refractivity (Wildman–Crippen MR) is 69.9 cm³/mol. The third-order valence-electron chi connectivity index (χ3n) is 3.29. The van der Waals surface area contributed by atoms with Crippen LogP contribution in [0.1, 0.15) is 5.56 Å². The van der Waals surface area contributed by atoms with Gasteiger partial charge in [0.05, 0.1) is 13.7 Å². The van der Waals surface area contributed by atoms with Gasteiger partial charge in [-0.2, -0.15) is 0 Å². The average molecular weight is 298 g/mol. The summed E-state index contributed by atoms with van der Waals surface area (Å²) in [6, 6.07) is 9.16. The molecule has 5 atom stereocenters. The first-order chi connectivity index (χ1) is 10.0. The van der Waals surface area contributed by atoms with Crippen LogP contribution in [0.5, 0.6) is 0 Å². The first kappa shape index (κ1) is 15.9. The minimum atomic E-state index is -1.65. The minimum absolute atomic E-state index is 0.142. The van der Waals surface area contributed by atoms with E-state index in [0.29, 0.717) is 0 Å². The number of ether oxygens (including phenoxy) is 3. The number of esters is 1. The molecule has 1 aliphatic rings. The molecule has 1 saturated heterocycles. The fourth-order valence-corrected chi connectivity index (χ4v) is 2.14. The third-order valence-corrected chi connectivity index (χ3v) is 3.29. The lowest BCUT2D eigenvalue weighted by Crippen LogP contribution is -2.44. The zero-order chi connectivity index (χ0) is 15.4. The Morgan fingerprint density at radius 2 is 2.00 bits per heavy atom. The topological polar surface area (TPSA) is 105 Å². The van der Waals surface area contributed by atoms with E-state index in [9.17, 15) is 20.1 Å². The Morgan fingerprint density at radius 1 is 1.33 bits per heavy atom. The van der Waals surface area contributed by atoms with Gasteiger partial charge in [0.2, 0.25) is 0 Å². The molecule has 1 aliphatic heterocycles. The van der Waals surface area contributed by atoms with Crippen molar-refractivity contribution in [2.24, 2.45) is 0 Å². The summed E-state index contributed by atoms with van der Waals surface area (Å²) in [7, 11) is 1.12. The lowest BCUT2D eigenvalue weighted by atomic mass is 10.1. The molecule has 1 aromatic rings. The summed E-state index contributed by atoms with van der Waals surface area (Å²) in [6.45, 7) is 0.142. The van der Waals surface area contributed by atoms with Gasteiger partial charge in [0.25, 0.3) is 0 Å². The number of rotatable bonds is 5. The van der Waals surface area contributed by atoms with E-state index < -0.39 is 36.7 Å². The van der Waals surface area contributed by atoms with E-state index in [1.54, 1.807) is 0 Å². The van der Waals surface area contributed by atoms with Gasteiger partial charge in [0.1, 0.15) is 18.3 Å². The zero-order valence-corrected chi connectivity index (χ0v) is 11.5. The molecule has 0 unspecified atom stereocenters. The molecule has 0 spiro atoms. The van der Waals surface area contributed by atoms with Crippen LogP contribution in [-0.4, -0.2) is 59.1 Å². The quantitative estimate of drug-likeness (QED) is 0.610. The second-order valence-corrected chi connectivity index (χ2v) is 4.71. The van der Waals surface area contributed by atoms with E-state index in [-0.39, 0.29) is 6.61 Å². The fraction of sp³-hybridized carbons (Fsp3) is 0.500. The monoisotopic (exact) mass is 298 g/mol. The maximum Gasteiger partial charge on any atom is 0.337 e. The van der Waals surface area contributed by atoms with Crippen LogP contribution in [0.2, 0.25) is 0 Å². The molecule has 116 valence electrons. The predicted octanol–water partition coefficient (Wildman–Crippen LogP) is -0.816. The van der Waals surface area contributed by atoms with E-state index in [0.717, 1.165) is 12.7 Å². The van der Waals surface area contributed by atoms with E-state index in [1.165, 1.54) is 0 Å². The average Bonchev–Trinajstić information content (AvgIpc) is 2.80. The van der Waals surface area contributed by atoms with Crippen LogP contribution in [0.15, 0.2) is 30.3 Å². The van der Waals surface area contributed by atoms with Crippen molar-refractivity contribution in [1.82, 2.24) is 0 Å². The Kier molecular flexibility index (Phi) is 5.27. The Morgan fingerprint density at radius 3 is 2.62 bits per heavy atom. The van der Waals surface area contributed by atoms with Crippen molar-refractivity contribution in [2.75, 3.05) is 7.11 Å². The van der Waals surface area contributed by atoms with Crippen molar-refractivity contribution in [2.45, 2.75) is 37.3 Å². The van der Waals surface area contributed by atoms with Crippen LogP contribution in [0.3, 0.4) is 0 Å². The Hall–Kier alpha value is -1.51. The molecule has 0 saturated carbocycles. The summed E-state index contributed by atoms with van der Waals surface area (Å²) >= 11 is 0. The molecule has 7 nitrogen and oxygen atoms in total. The number of hydrogen-bond acceptors (Lipinski definition) is 7. The van der Waals surface area contributed by atoms with Crippen molar-refractivity contribution in [3.05, 3.63) is 35.9 Å². The van der Waals surface area contributed by atoms with Crippen LogP contribution >= 0.6 is 0 Å². The summed E-state index contributed by atoms with van der Waals surface area (Å²) in [5.74, 6) is -0.922. The third kappa shape index (κ3) is 3.58. The maximum atomic E-state index is 11.4. The molecule has 7 heteroatoms. The van der Waals surface area contributed by atoms with Gasteiger partial charge in [-0.3, -0.25) is 0 Å². The summed E-state index contributed by atoms with van der Waals surface area (Å²) in [5.41, 5.74) is 0.845. The zero-order valence-electron chi connectivity index (χ0n) is 11.5.